The van der Waals surface area contributed by atoms with Crippen molar-refractivity contribution in [3.63, 3.8) is 0 Å². The van der Waals surface area contributed by atoms with Gasteiger partial charge in [-0.2, -0.15) is 0 Å². The van der Waals surface area contributed by atoms with Crippen molar-refractivity contribution in [1.29, 1.82) is 0 Å². The second-order valence-electron chi connectivity index (χ2n) is 3.88. The molecule has 0 fully saturated rings. The zero-order chi connectivity index (χ0) is 10.5. The summed E-state index contributed by atoms with van der Waals surface area (Å²) in [6.07, 6.45) is 0. The maximum absolute atomic E-state index is 10.9. The van der Waals surface area contributed by atoms with Gasteiger partial charge < -0.3 is 9.47 Å². The first-order valence-corrected chi connectivity index (χ1v) is 4.29. The highest BCUT2D eigenvalue weighted by Gasteiger charge is 2.10. The van der Waals surface area contributed by atoms with Crippen LogP contribution in [0.5, 0.6) is 0 Å². The Morgan fingerprint density at radius 1 is 1.31 bits per heavy atom. The van der Waals surface area contributed by atoms with E-state index in [1.807, 2.05) is 20.8 Å². The molecule has 0 heterocycles. The molecule has 0 N–H and O–H groups in total. The highest BCUT2D eigenvalue weighted by molar-refractivity contribution is 5.86. The molecule has 3 heteroatoms. The van der Waals surface area contributed by atoms with Gasteiger partial charge in [-0.15, -0.1) is 0 Å². The molecule has 0 atom stereocenters. The third kappa shape index (κ3) is 7.53. The van der Waals surface area contributed by atoms with Crippen molar-refractivity contribution >= 4 is 5.97 Å². The molecule has 0 radical (unpaired) electrons. The molecule has 0 saturated carbocycles. The molecule has 13 heavy (non-hydrogen) atoms. The first kappa shape index (κ1) is 12.2. The molecule has 0 rings (SSSR count). The van der Waals surface area contributed by atoms with Crippen LogP contribution in [0.3, 0.4) is 0 Å². The molecule has 0 aromatic rings. The largest absolute Gasteiger partial charge is 0.460 e. The van der Waals surface area contributed by atoms with Crippen LogP contribution in [0, 0.1) is 0 Å². The smallest absolute Gasteiger partial charge is 0.333 e. The Bertz CT molecular complexity index is 189. The van der Waals surface area contributed by atoms with Crippen LogP contribution in [0.1, 0.15) is 27.7 Å². The maximum atomic E-state index is 10.9. The zero-order valence-electron chi connectivity index (χ0n) is 8.85. The van der Waals surface area contributed by atoms with Crippen LogP contribution in [0.2, 0.25) is 0 Å². The first-order chi connectivity index (χ1) is 5.83. The van der Waals surface area contributed by atoms with Crippen molar-refractivity contribution in [3.05, 3.63) is 12.2 Å². The summed E-state index contributed by atoms with van der Waals surface area (Å²) in [4.78, 5) is 10.9. The summed E-state index contributed by atoms with van der Waals surface area (Å²) >= 11 is 0. The van der Waals surface area contributed by atoms with Gasteiger partial charge in [0.05, 0.1) is 12.2 Å². The van der Waals surface area contributed by atoms with Crippen molar-refractivity contribution in [2.45, 2.75) is 33.3 Å². The lowest BCUT2D eigenvalue weighted by Crippen LogP contribution is -2.22. The molecule has 0 saturated heterocycles. The fraction of sp³-hybridized carbons (Fsp3) is 0.700. The van der Waals surface area contributed by atoms with Crippen LogP contribution < -0.4 is 0 Å². The highest BCUT2D eigenvalue weighted by atomic mass is 16.6. The normalized spacial score (nSPS) is 11.1. The Kier molecular flexibility index (Phi) is 4.70. The number of hydrogen-bond acceptors (Lipinski definition) is 3. The van der Waals surface area contributed by atoms with E-state index in [4.69, 9.17) is 9.47 Å². The van der Waals surface area contributed by atoms with Gasteiger partial charge >= 0.3 is 5.97 Å². The predicted octanol–water partition coefficient (Wildman–Crippen LogP) is 1.92. The van der Waals surface area contributed by atoms with Crippen molar-refractivity contribution in [3.8, 4) is 0 Å². The Labute approximate surface area is 79.7 Å². The van der Waals surface area contributed by atoms with E-state index in [1.165, 1.54) is 0 Å². The summed E-state index contributed by atoms with van der Waals surface area (Å²) in [5.41, 5.74) is 0.228. The summed E-state index contributed by atoms with van der Waals surface area (Å²) in [7, 11) is 0. The van der Waals surface area contributed by atoms with Gasteiger partial charge in [-0.05, 0) is 27.7 Å². The van der Waals surface area contributed by atoms with E-state index >= 15 is 0 Å². The van der Waals surface area contributed by atoms with Crippen molar-refractivity contribution in [2.75, 3.05) is 13.2 Å². The van der Waals surface area contributed by atoms with Crippen LogP contribution in [-0.2, 0) is 14.3 Å². The van der Waals surface area contributed by atoms with E-state index < -0.39 is 0 Å². The Hall–Kier alpha value is -0.830. The molecule has 0 aromatic heterocycles. The van der Waals surface area contributed by atoms with E-state index in [0.29, 0.717) is 12.2 Å². The number of carbonyl (C=O) groups is 1. The molecule has 0 aromatic carbocycles. The van der Waals surface area contributed by atoms with Crippen LogP contribution >= 0.6 is 0 Å². The maximum Gasteiger partial charge on any atom is 0.333 e. The lowest BCUT2D eigenvalue weighted by atomic mass is 10.2. The molecule has 0 aliphatic rings. The highest BCUT2D eigenvalue weighted by Crippen LogP contribution is 2.05. The lowest BCUT2D eigenvalue weighted by molar-refractivity contribution is -0.142. The molecular weight excluding hydrogens is 168 g/mol. The van der Waals surface area contributed by atoms with Crippen LogP contribution in [0.4, 0.5) is 0 Å². The van der Waals surface area contributed by atoms with Crippen LogP contribution in [0.15, 0.2) is 12.2 Å². The summed E-state index contributed by atoms with van der Waals surface area (Å²) in [5.74, 6) is -0.363. The number of hydrogen-bond donors (Lipinski definition) is 0. The second kappa shape index (κ2) is 5.02. The van der Waals surface area contributed by atoms with Crippen molar-refractivity contribution in [1.82, 2.24) is 0 Å². The summed E-state index contributed by atoms with van der Waals surface area (Å²) in [6.45, 7) is 11.6. The monoisotopic (exact) mass is 186 g/mol. The number of esters is 1. The number of ether oxygens (including phenoxy) is 2. The van der Waals surface area contributed by atoms with Gasteiger partial charge in [-0.3, -0.25) is 0 Å². The minimum atomic E-state index is -0.363. The van der Waals surface area contributed by atoms with E-state index in [2.05, 4.69) is 6.58 Å². The Balaban J connectivity index is 3.47. The Morgan fingerprint density at radius 2 is 1.85 bits per heavy atom. The number of rotatable bonds is 4. The van der Waals surface area contributed by atoms with Gasteiger partial charge in [0.2, 0.25) is 0 Å². The quantitative estimate of drug-likeness (QED) is 0.382. The standard InChI is InChI=1S/C10H18O3/c1-8(2)9(11)12-6-7-13-10(3,4)5/h1,6-7H2,2-5H3. The van der Waals surface area contributed by atoms with Gasteiger partial charge in [-0.25, -0.2) is 4.79 Å². The SMILES string of the molecule is C=C(C)C(=O)OCCOC(C)(C)C. The summed E-state index contributed by atoms with van der Waals surface area (Å²) < 4.78 is 10.2. The predicted molar refractivity (Wildman–Crippen MR) is 51.5 cm³/mol. The molecule has 0 spiro atoms. The second-order valence-corrected chi connectivity index (χ2v) is 3.88. The average Bonchev–Trinajstić information content (AvgIpc) is 1.95. The lowest BCUT2D eigenvalue weighted by Gasteiger charge is -2.19. The van der Waals surface area contributed by atoms with E-state index in [1.54, 1.807) is 6.92 Å². The van der Waals surface area contributed by atoms with Gasteiger partial charge in [0, 0.05) is 5.57 Å². The van der Waals surface area contributed by atoms with Crippen LogP contribution in [-0.4, -0.2) is 24.8 Å². The summed E-state index contributed by atoms with van der Waals surface area (Å²) in [6, 6.07) is 0. The van der Waals surface area contributed by atoms with Gasteiger partial charge in [0.15, 0.2) is 0 Å². The first-order valence-electron chi connectivity index (χ1n) is 4.29. The number of carbonyl (C=O) groups excluding carboxylic acids is 1. The van der Waals surface area contributed by atoms with Crippen LogP contribution in [0.25, 0.3) is 0 Å². The average molecular weight is 186 g/mol. The zero-order valence-corrected chi connectivity index (χ0v) is 8.85. The molecule has 76 valence electrons. The fourth-order valence-corrected chi connectivity index (χ4v) is 0.605. The Morgan fingerprint density at radius 3 is 2.23 bits per heavy atom. The van der Waals surface area contributed by atoms with E-state index in [9.17, 15) is 4.79 Å². The molecule has 0 amide bonds. The molecular formula is C10H18O3. The van der Waals surface area contributed by atoms with E-state index in [0.717, 1.165) is 0 Å². The minimum Gasteiger partial charge on any atom is -0.460 e. The van der Waals surface area contributed by atoms with Crippen molar-refractivity contribution < 1.29 is 14.3 Å². The third-order valence-corrected chi connectivity index (χ3v) is 1.20. The molecule has 0 unspecified atom stereocenters. The topological polar surface area (TPSA) is 35.5 Å². The third-order valence-electron chi connectivity index (χ3n) is 1.20. The molecule has 3 nitrogen and oxygen atoms in total. The van der Waals surface area contributed by atoms with Crippen molar-refractivity contribution in [2.24, 2.45) is 0 Å². The molecule has 0 aliphatic carbocycles. The molecule has 0 bridgehead atoms. The summed E-state index contributed by atoms with van der Waals surface area (Å²) in [5, 5.41) is 0. The molecule has 0 aliphatic heterocycles. The fourth-order valence-electron chi connectivity index (χ4n) is 0.605. The van der Waals surface area contributed by atoms with E-state index in [-0.39, 0.29) is 18.2 Å². The minimum absolute atomic E-state index is 0.185. The van der Waals surface area contributed by atoms with Gasteiger partial charge in [-0.1, -0.05) is 6.58 Å². The van der Waals surface area contributed by atoms with Gasteiger partial charge in [0.25, 0.3) is 0 Å². The van der Waals surface area contributed by atoms with Gasteiger partial charge in [0.1, 0.15) is 6.61 Å².